The second-order valence-corrected chi connectivity index (χ2v) is 4.09. The number of aromatic hydroxyl groups is 1. The Kier molecular flexibility index (Phi) is 3.77. The molecule has 0 saturated carbocycles. The molecule has 4 nitrogen and oxygen atoms in total. The minimum Gasteiger partial charge on any atom is -0.508 e. The Morgan fingerprint density at radius 1 is 1.44 bits per heavy atom. The van der Waals surface area contributed by atoms with Gasteiger partial charge in [-0.1, -0.05) is 18.2 Å². The van der Waals surface area contributed by atoms with E-state index in [1.54, 1.807) is 6.07 Å². The van der Waals surface area contributed by atoms with Gasteiger partial charge < -0.3 is 15.6 Å². The Morgan fingerprint density at radius 3 is 3.00 bits per heavy atom. The van der Waals surface area contributed by atoms with Gasteiger partial charge in [0.05, 0.1) is 12.7 Å². The minimum atomic E-state index is 0.125. The molecule has 88 valence electrons. The summed E-state index contributed by atoms with van der Waals surface area (Å²) in [5, 5.41) is 9.68. The zero-order valence-corrected chi connectivity index (χ0v) is 9.30. The summed E-state index contributed by atoms with van der Waals surface area (Å²) in [5.74, 6) is 0.360. The first-order valence-corrected chi connectivity index (χ1v) is 5.60. The molecule has 0 amide bonds. The van der Waals surface area contributed by atoms with Gasteiger partial charge in [0.15, 0.2) is 0 Å². The Hall–Kier alpha value is -1.10. The van der Waals surface area contributed by atoms with E-state index in [-0.39, 0.29) is 6.10 Å². The van der Waals surface area contributed by atoms with Crippen LogP contribution in [-0.2, 0) is 11.3 Å². The number of hydrogen-bond acceptors (Lipinski definition) is 4. The highest BCUT2D eigenvalue weighted by molar-refractivity contribution is 5.31. The molecule has 1 heterocycles. The largest absolute Gasteiger partial charge is 0.508 e. The Labute approximate surface area is 95.6 Å². The van der Waals surface area contributed by atoms with Gasteiger partial charge >= 0.3 is 0 Å². The quantitative estimate of drug-likeness (QED) is 0.784. The van der Waals surface area contributed by atoms with E-state index in [4.69, 9.17) is 10.5 Å². The number of ether oxygens (including phenoxy) is 1. The van der Waals surface area contributed by atoms with Gasteiger partial charge in [-0.2, -0.15) is 0 Å². The Bertz CT molecular complexity index is 344. The molecular formula is C12H18N2O2. The molecule has 0 spiro atoms. The smallest absolute Gasteiger partial charge is 0.120 e. The van der Waals surface area contributed by atoms with Crippen LogP contribution in [0, 0.1) is 0 Å². The van der Waals surface area contributed by atoms with E-state index in [9.17, 15) is 5.11 Å². The number of nitrogens with two attached hydrogens (primary N) is 1. The molecule has 1 aliphatic rings. The Morgan fingerprint density at radius 2 is 2.25 bits per heavy atom. The van der Waals surface area contributed by atoms with E-state index in [0.29, 0.717) is 12.3 Å². The fourth-order valence-electron chi connectivity index (χ4n) is 1.95. The summed E-state index contributed by atoms with van der Waals surface area (Å²) < 4.78 is 5.50. The molecule has 0 aliphatic carbocycles. The van der Waals surface area contributed by atoms with Crippen molar-refractivity contribution in [3.05, 3.63) is 29.8 Å². The van der Waals surface area contributed by atoms with E-state index >= 15 is 0 Å². The number of rotatable bonds is 3. The van der Waals surface area contributed by atoms with Gasteiger partial charge in [-0.05, 0) is 6.07 Å². The third kappa shape index (κ3) is 2.72. The molecule has 3 N–H and O–H groups in total. The van der Waals surface area contributed by atoms with Crippen LogP contribution >= 0.6 is 0 Å². The minimum absolute atomic E-state index is 0.125. The lowest BCUT2D eigenvalue weighted by Gasteiger charge is -2.32. The molecule has 1 aromatic rings. The lowest BCUT2D eigenvalue weighted by molar-refractivity contribution is -0.0262. The maximum atomic E-state index is 9.68. The second kappa shape index (κ2) is 5.30. The normalized spacial score (nSPS) is 22.2. The van der Waals surface area contributed by atoms with Gasteiger partial charge in [-0.25, -0.2) is 0 Å². The monoisotopic (exact) mass is 222 g/mol. The van der Waals surface area contributed by atoms with Crippen molar-refractivity contribution in [3.63, 3.8) is 0 Å². The summed E-state index contributed by atoms with van der Waals surface area (Å²) in [6, 6.07) is 7.44. The van der Waals surface area contributed by atoms with Crippen molar-refractivity contribution in [1.82, 2.24) is 4.90 Å². The number of benzene rings is 1. The lowest BCUT2D eigenvalue weighted by Crippen LogP contribution is -2.45. The van der Waals surface area contributed by atoms with Crippen LogP contribution < -0.4 is 5.73 Å². The first-order chi connectivity index (χ1) is 7.79. The maximum Gasteiger partial charge on any atom is 0.120 e. The van der Waals surface area contributed by atoms with E-state index in [1.807, 2.05) is 18.2 Å². The topological polar surface area (TPSA) is 58.7 Å². The fraction of sp³-hybridized carbons (Fsp3) is 0.500. The van der Waals surface area contributed by atoms with Crippen molar-refractivity contribution in [2.24, 2.45) is 5.73 Å². The first-order valence-electron chi connectivity index (χ1n) is 5.60. The number of nitrogens with zero attached hydrogens (tertiary/aromatic N) is 1. The van der Waals surface area contributed by atoms with Crippen molar-refractivity contribution in [1.29, 1.82) is 0 Å². The number of para-hydroxylation sites is 1. The molecule has 1 saturated heterocycles. The van der Waals surface area contributed by atoms with Crippen molar-refractivity contribution in [2.75, 3.05) is 26.2 Å². The van der Waals surface area contributed by atoms with E-state index < -0.39 is 0 Å². The molecule has 0 aromatic heterocycles. The van der Waals surface area contributed by atoms with Gasteiger partial charge in [-0.15, -0.1) is 0 Å². The third-order valence-corrected chi connectivity index (χ3v) is 2.87. The average molecular weight is 222 g/mol. The van der Waals surface area contributed by atoms with Crippen LogP contribution in [0.5, 0.6) is 5.75 Å². The van der Waals surface area contributed by atoms with Gasteiger partial charge in [0, 0.05) is 31.7 Å². The lowest BCUT2D eigenvalue weighted by atomic mass is 10.1. The number of phenols is 1. The predicted molar refractivity (Wildman–Crippen MR) is 62.2 cm³/mol. The van der Waals surface area contributed by atoms with Crippen LogP contribution in [0.3, 0.4) is 0 Å². The first kappa shape index (κ1) is 11.4. The zero-order chi connectivity index (χ0) is 11.4. The molecule has 0 bridgehead atoms. The number of hydrogen-bond donors (Lipinski definition) is 2. The molecule has 1 aromatic carbocycles. The SMILES string of the molecule is NCC1CN(Cc2ccccc2O)CCO1. The summed E-state index contributed by atoms with van der Waals surface area (Å²) in [6.45, 7) is 3.76. The molecule has 1 fully saturated rings. The van der Waals surface area contributed by atoms with Crippen LogP contribution in [0.1, 0.15) is 5.56 Å². The molecule has 2 rings (SSSR count). The van der Waals surface area contributed by atoms with Crippen LogP contribution in [0.25, 0.3) is 0 Å². The average Bonchev–Trinajstić information content (AvgIpc) is 2.32. The standard InChI is InChI=1S/C12H18N2O2/c13-7-11-9-14(5-6-16-11)8-10-3-1-2-4-12(10)15/h1-4,11,15H,5-9,13H2. The van der Waals surface area contributed by atoms with E-state index in [0.717, 1.165) is 31.8 Å². The van der Waals surface area contributed by atoms with Crippen molar-refractivity contribution in [2.45, 2.75) is 12.6 Å². The Balaban J connectivity index is 1.97. The summed E-state index contributed by atoms with van der Waals surface area (Å²) in [4.78, 5) is 2.26. The van der Waals surface area contributed by atoms with Crippen molar-refractivity contribution in [3.8, 4) is 5.75 Å². The predicted octanol–water partition coefficient (Wildman–Crippen LogP) is 0.552. The third-order valence-electron chi connectivity index (χ3n) is 2.87. The summed E-state index contributed by atoms with van der Waals surface area (Å²) >= 11 is 0. The molecule has 1 unspecified atom stereocenters. The second-order valence-electron chi connectivity index (χ2n) is 4.09. The van der Waals surface area contributed by atoms with E-state index in [2.05, 4.69) is 4.90 Å². The molecule has 1 aliphatic heterocycles. The van der Waals surface area contributed by atoms with Crippen LogP contribution in [0.4, 0.5) is 0 Å². The summed E-state index contributed by atoms with van der Waals surface area (Å²) in [6.07, 6.45) is 0.125. The highest BCUT2D eigenvalue weighted by atomic mass is 16.5. The maximum absolute atomic E-state index is 9.68. The van der Waals surface area contributed by atoms with Crippen molar-refractivity contribution >= 4 is 0 Å². The van der Waals surface area contributed by atoms with Gasteiger partial charge in [0.1, 0.15) is 5.75 Å². The molecule has 0 radical (unpaired) electrons. The molecule has 16 heavy (non-hydrogen) atoms. The van der Waals surface area contributed by atoms with Gasteiger partial charge in [-0.3, -0.25) is 4.90 Å². The highest BCUT2D eigenvalue weighted by Crippen LogP contribution is 2.18. The summed E-state index contributed by atoms with van der Waals surface area (Å²) in [5.41, 5.74) is 6.55. The van der Waals surface area contributed by atoms with Gasteiger partial charge in [0.25, 0.3) is 0 Å². The molecule has 1 atom stereocenters. The van der Waals surface area contributed by atoms with Gasteiger partial charge in [0.2, 0.25) is 0 Å². The van der Waals surface area contributed by atoms with Crippen LogP contribution in [0.15, 0.2) is 24.3 Å². The van der Waals surface area contributed by atoms with Crippen LogP contribution in [0.2, 0.25) is 0 Å². The van der Waals surface area contributed by atoms with Crippen LogP contribution in [-0.4, -0.2) is 42.4 Å². The number of phenolic OH excluding ortho intramolecular Hbond substituents is 1. The zero-order valence-electron chi connectivity index (χ0n) is 9.30. The molecule has 4 heteroatoms. The van der Waals surface area contributed by atoms with Crippen molar-refractivity contribution < 1.29 is 9.84 Å². The summed E-state index contributed by atoms with van der Waals surface area (Å²) in [7, 11) is 0. The fourth-order valence-corrected chi connectivity index (χ4v) is 1.95. The molecular weight excluding hydrogens is 204 g/mol. The highest BCUT2D eigenvalue weighted by Gasteiger charge is 2.19. The number of morpholine rings is 1. The van der Waals surface area contributed by atoms with E-state index in [1.165, 1.54) is 0 Å².